The van der Waals surface area contributed by atoms with Gasteiger partial charge < -0.3 is 5.73 Å². The van der Waals surface area contributed by atoms with Crippen molar-refractivity contribution in [3.63, 3.8) is 0 Å². The van der Waals surface area contributed by atoms with Crippen molar-refractivity contribution in [3.8, 4) is 0 Å². The molecule has 0 saturated carbocycles. The van der Waals surface area contributed by atoms with Crippen molar-refractivity contribution < 1.29 is 4.39 Å². The summed E-state index contributed by atoms with van der Waals surface area (Å²) in [4.78, 5) is 2.45. The number of hydrogen-bond donors (Lipinski definition) is 1. The summed E-state index contributed by atoms with van der Waals surface area (Å²) in [6.45, 7) is 8.43. The topological polar surface area (TPSA) is 29.3 Å². The Morgan fingerprint density at radius 3 is 2.74 bits per heavy atom. The zero-order valence-corrected chi connectivity index (χ0v) is 12.1. The number of rotatable bonds is 3. The number of nitrogens with zero attached hydrogens (tertiary/aromatic N) is 1. The van der Waals surface area contributed by atoms with Gasteiger partial charge in [-0.2, -0.15) is 0 Å². The SMILES string of the molecule is CC1CC(C)C(C)N(C(CN)c2cccc(F)c2)C1. The predicted octanol–water partition coefficient (Wildman–Crippen LogP) is 3.19. The second-order valence-corrected chi connectivity index (χ2v) is 6.06. The highest BCUT2D eigenvalue weighted by Crippen LogP contribution is 2.33. The first-order chi connectivity index (χ1) is 9.02. The fourth-order valence-electron chi connectivity index (χ4n) is 3.35. The Kier molecular flexibility index (Phi) is 4.58. The van der Waals surface area contributed by atoms with E-state index < -0.39 is 0 Å². The molecule has 0 aromatic heterocycles. The maximum absolute atomic E-state index is 13.4. The van der Waals surface area contributed by atoms with Gasteiger partial charge in [-0.25, -0.2) is 4.39 Å². The highest BCUT2D eigenvalue weighted by molar-refractivity contribution is 5.21. The van der Waals surface area contributed by atoms with Crippen LogP contribution >= 0.6 is 0 Å². The number of benzene rings is 1. The molecule has 0 bridgehead atoms. The van der Waals surface area contributed by atoms with Gasteiger partial charge in [0.25, 0.3) is 0 Å². The third-order valence-electron chi connectivity index (χ3n) is 4.50. The molecule has 3 heteroatoms. The van der Waals surface area contributed by atoms with E-state index in [1.807, 2.05) is 6.07 Å². The van der Waals surface area contributed by atoms with E-state index in [-0.39, 0.29) is 11.9 Å². The fraction of sp³-hybridized carbons (Fsp3) is 0.625. The minimum Gasteiger partial charge on any atom is -0.329 e. The summed E-state index contributed by atoms with van der Waals surface area (Å²) in [5, 5.41) is 0. The van der Waals surface area contributed by atoms with Crippen molar-refractivity contribution in [1.82, 2.24) is 4.90 Å². The number of likely N-dealkylation sites (tertiary alicyclic amines) is 1. The molecular formula is C16H25FN2. The van der Waals surface area contributed by atoms with Crippen LogP contribution in [0.2, 0.25) is 0 Å². The van der Waals surface area contributed by atoms with Gasteiger partial charge in [0.05, 0.1) is 0 Å². The lowest BCUT2D eigenvalue weighted by atomic mass is 9.84. The Morgan fingerprint density at radius 1 is 1.37 bits per heavy atom. The smallest absolute Gasteiger partial charge is 0.123 e. The summed E-state index contributed by atoms with van der Waals surface area (Å²) in [5.41, 5.74) is 6.97. The van der Waals surface area contributed by atoms with E-state index in [0.717, 1.165) is 12.1 Å². The minimum atomic E-state index is -0.179. The molecule has 1 heterocycles. The Bertz CT molecular complexity index is 421. The molecule has 106 valence electrons. The van der Waals surface area contributed by atoms with Gasteiger partial charge >= 0.3 is 0 Å². The third kappa shape index (κ3) is 3.15. The van der Waals surface area contributed by atoms with Gasteiger partial charge in [0, 0.05) is 25.2 Å². The van der Waals surface area contributed by atoms with Crippen LogP contribution in [0.5, 0.6) is 0 Å². The third-order valence-corrected chi connectivity index (χ3v) is 4.50. The molecule has 4 atom stereocenters. The lowest BCUT2D eigenvalue weighted by Gasteiger charge is -2.45. The van der Waals surface area contributed by atoms with E-state index in [4.69, 9.17) is 5.73 Å². The molecular weight excluding hydrogens is 239 g/mol. The molecule has 1 aliphatic heterocycles. The average Bonchev–Trinajstić information content (AvgIpc) is 2.36. The molecule has 1 aliphatic rings. The summed E-state index contributed by atoms with van der Waals surface area (Å²) in [5.74, 6) is 1.15. The number of nitrogens with two attached hydrogens (primary N) is 1. The molecule has 0 amide bonds. The van der Waals surface area contributed by atoms with Crippen molar-refractivity contribution >= 4 is 0 Å². The Labute approximate surface area is 115 Å². The Balaban J connectivity index is 2.25. The molecule has 0 radical (unpaired) electrons. The molecule has 2 nitrogen and oxygen atoms in total. The lowest BCUT2D eigenvalue weighted by Crippen LogP contribution is -2.49. The highest BCUT2D eigenvalue weighted by atomic mass is 19.1. The van der Waals surface area contributed by atoms with Crippen molar-refractivity contribution in [3.05, 3.63) is 35.6 Å². The maximum Gasteiger partial charge on any atom is 0.123 e. The van der Waals surface area contributed by atoms with E-state index in [1.165, 1.54) is 12.5 Å². The van der Waals surface area contributed by atoms with Gasteiger partial charge in [-0.3, -0.25) is 4.90 Å². The quantitative estimate of drug-likeness (QED) is 0.908. The summed E-state index contributed by atoms with van der Waals surface area (Å²) in [6.07, 6.45) is 1.26. The molecule has 0 aliphatic carbocycles. The summed E-state index contributed by atoms with van der Waals surface area (Å²) in [7, 11) is 0. The normalized spacial score (nSPS) is 30.3. The van der Waals surface area contributed by atoms with Crippen LogP contribution in [0.1, 0.15) is 38.8 Å². The van der Waals surface area contributed by atoms with Gasteiger partial charge in [0.15, 0.2) is 0 Å². The van der Waals surface area contributed by atoms with Crippen molar-refractivity contribution in [1.29, 1.82) is 0 Å². The van der Waals surface area contributed by atoms with Gasteiger partial charge in [-0.1, -0.05) is 26.0 Å². The van der Waals surface area contributed by atoms with Crippen molar-refractivity contribution in [2.45, 2.75) is 39.3 Å². The van der Waals surface area contributed by atoms with Crippen LogP contribution in [-0.2, 0) is 0 Å². The van der Waals surface area contributed by atoms with E-state index in [9.17, 15) is 4.39 Å². The van der Waals surface area contributed by atoms with Crippen LogP contribution in [0.3, 0.4) is 0 Å². The number of piperidine rings is 1. The molecule has 19 heavy (non-hydrogen) atoms. The summed E-state index contributed by atoms with van der Waals surface area (Å²) in [6, 6.07) is 7.48. The van der Waals surface area contributed by atoms with Crippen LogP contribution < -0.4 is 5.73 Å². The molecule has 2 N–H and O–H groups in total. The average molecular weight is 264 g/mol. The second-order valence-electron chi connectivity index (χ2n) is 6.06. The van der Waals surface area contributed by atoms with Crippen LogP contribution in [0.15, 0.2) is 24.3 Å². The largest absolute Gasteiger partial charge is 0.329 e. The van der Waals surface area contributed by atoms with Gasteiger partial charge in [-0.15, -0.1) is 0 Å². The molecule has 1 aromatic rings. The van der Waals surface area contributed by atoms with Crippen LogP contribution in [-0.4, -0.2) is 24.0 Å². The van der Waals surface area contributed by atoms with Gasteiger partial charge in [-0.05, 0) is 42.9 Å². The predicted molar refractivity (Wildman–Crippen MR) is 77.3 cm³/mol. The number of halogens is 1. The van der Waals surface area contributed by atoms with E-state index in [2.05, 4.69) is 25.7 Å². The Morgan fingerprint density at radius 2 is 2.11 bits per heavy atom. The first kappa shape index (κ1) is 14.5. The Hall–Kier alpha value is -0.930. The first-order valence-electron chi connectivity index (χ1n) is 7.24. The minimum absolute atomic E-state index is 0.121. The van der Waals surface area contributed by atoms with Gasteiger partial charge in [0.2, 0.25) is 0 Å². The molecule has 1 saturated heterocycles. The molecule has 4 unspecified atom stereocenters. The molecule has 2 rings (SSSR count). The van der Waals surface area contributed by atoms with E-state index >= 15 is 0 Å². The second kappa shape index (κ2) is 6.02. The maximum atomic E-state index is 13.4. The van der Waals surface area contributed by atoms with Crippen molar-refractivity contribution in [2.24, 2.45) is 17.6 Å². The molecule has 0 spiro atoms. The highest BCUT2D eigenvalue weighted by Gasteiger charge is 2.33. The standard InChI is InChI=1S/C16H25FN2/c1-11-7-12(2)13(3)19(10-11)16(9-18)14-5-4-6-15(17)8-14/h4-6,8,11-13,16H,7,9-10,18H2,1-3H3. The zero-order valence-electron chi connectivity index (χ0n) is 12.1. The molecule has 1 fully saturated rings. The van der Waals surface area contributed by atoms with E-state index in [0.29, 0.717) is 24.4 Å². The van der Waals surface area contributed by atoms with Crippen LogP contribution in [0.25, 0.3) is 0 Å². The number of hydrogen-bond acceptors (Lipinski definition) is 2. The van der Waals surface area contributed by atoms with Crippen LogP contribution in [0, 0.1) is 17.7 Å². The fourth-order valence-corrected chi connectivity index (χ4v) is 3.35. The summed E-state index contributed by atoms with van der Waals surface area (Å²) < 4.78 is 13.4. The van der Waals surface area contributed by atoms with E-state index in [1.54, 1.807) is 12.1 Å². The first-order valence-corrected chi connectivity index (χ1v) is 7.24. The summed E-state index contributed by atoms with van der Waals surface area (Å²) >= 11 is 0. The monoisotopic (exact) mass is 264 g/mol. The zero-order chi connectivity index (χ0) is 14.0. The molecule has 1 aromatic carbocycles. The van der Waals surface area contributed by atoms with Crippen LogP contribution in [0.4, 0.5) is 4.39 Å². The van der Waals surface area contributed by atoms with Gasteiger partial charge in [0.1, 0.15) is 5.82 Å². The lowest BCUT2D eigenvalue weighted by molar-refractivity contribution is 0.0423. The van der Waals surface area contributed by atoms with Crippen molar-refractivity contribution in [2.75, 3.05) is 13.1 Å².